The van der Waals surface area contributed by atoms with E-state index in [0.717, 1.165) is 5.69 Å². The van der Waals surface area contributed by atoms with E-state index in [-0.39, 0.29) is 0 Å². The first-order valence-electron chi connectivity index (χ1n) is 9.21. The smallest absolute Gasteiger partial charge is 0.306 e. The minimum atomic E-state index is -0.921. The Labute approximate surface area is 179 Å². The van der Waals surface area contributed by atoms with Gasteiger partial charge in [-0.1, -0.05) is 6.07 Å². The number of nitrogens with one attached hydrogen (secondary N) is 1. The molecule has 1 N–H and O–H groups in total. The van der Waals surface area contributed by atoms with Crippen LogP contribution in [0.1, 0.15) is 11.4 Å². The Bertz CT molecular complexity index is 1430. The third-order valence-electron chi connectivity index (χ3n) is 4.86. The molecule has 4 rings (SSSR count). The molecule has 160 valence electrons. The van der Waals surface area contributed by atoms with Crippen LogP contribution in [0.2, 0.25) is 0 Å². The fourth-order valence-corrected chi connectivity index (χ4v) is 3.42. The first-order valence-corrected chi connectivity index (χ1v) is 9.21. The number of nitro benzene ring substituents is 3. The summed E-state index contributed by atoms with van der Waals surface area (Å²) in [7, 11) is 0. The van der Waals surface area contributed by atoms with E-state index in [1.54, 1.807) is 37.3 Å². The fourth-order valence-electron chi connectivity index (χ4n) is 3.42. The van der Waals surface area contributed by atoms with Gasteiger partial charge < -0.3 is 5.32 Å². The second-order valence-corrected chi connectivity index (χ2v) is 7.05. The summed E-state index contributed by atoms with van der Waals surface area (Å²) >= 11 is 0. The zero-order valence-electron chi connectivity index (χ0n) is 16.7. The van der Waals surface area contributed by atoms with Crippen molar-refractivity contribution in [3.63, 3.8) is 0 Å². The summed E-state index contributed by atoms with van der Waals surface area (Å²) in [6.07, 6.45) is 0. The molecule has 2 aromatic heterocycles. The van der Waals surface area contributed by atoms with E-state index in [1.807, 2.05) is 6.92 Å². The number of fused-ring (bicyclic) bond motifs is 3. The quantitative estimate of drug-likeness (QED) is 0.262. The third kappa shape index (κ3) is 3.49. The van der Waals surface area contributed by atoms with Crippen LogP contribution in [-0.4, -0.2) is 24.7 Å². The van der Waals surface area contributed by atoms with Crippen LogP contribution in [-0.2, 0) is 0 Å². The van der Waals surface area contributed by atoms with E-state index in [1.165, 1.54) is 0 Å². The summed E-state index contributed by atoms with van der Waals surface area (Å²) in [6, 6.07) is 10.1. The van der Waals surface area contributed by atoms with Gasteiger partial charge in [0.15, 0.2) is 5.69 Å². The highest BCUT2D eigenvalue weighted by molar-refractivity contribution is 6.10. The van der Waals surface area contributed by atoms with Gasteiger partial charge in [-0.3, -0.25) is 40.3 Å². The molecule has 0 aliphatic rings. The minimum Gasteiger partial charge on any atom is -0.344 e. The Kier molecular flexibility index (Phi) is 4.81. The summed E-state index contributed by atoms with van der Waals surface area (Å²) in [5.41, 5.74) is 0.119. The summed E-state index contributed by atoms with van der Waals surface area (Å²) < 4.78 is 0. The molecule has 0 aliphatic heterocycles. The van der Waals surface area contributed by atoms with Crippen molar-refractivity contribution in [3.05, 3.63) is 84.2 Å². The predicted molar refractivity (Wildman–Crippen MR) is 116 cm³/mol. The normalized spacial score (nSPS) is 10.9. The van der Waals surface area contributed by atoms with Gasteiger partial charge in [0, 0.05) is 27.8 Å². The molecule has 0 unspecified atom stereocenters. The van der Waals surface area contributed by atoms with Gasteiger partial charge in [0.1, 0.15) is 0 Å². The average molecular weight is 434 g/mol. The van der Waals surface area contributed by atoms with Crippen molar-refractivity contribution >= 4 is 50.2 Å². The van der Waals surface area contributed by atoms with Crippen LogP contribution in [0, 0.1) is 44.2 Å². The maximum absolute atomic E-state index is 11.6. The Morgan fingerprint density at radius 3 is 1.88 bits per heavy atom. The molecule has 2 heterocycles. The Balaban J connectivity index is 2.03. The summed E-state index contributed by atoms with van der Waals surface area (Å²) in [5.74, 6) is 0. The van der Waals surface area contributed by atoms with Gasteiger partial charge >= 0.3 is 11.4 Å². The van der Waals surface area contributed by atoms with E-state index >= 15 is 0 Å². The molecule has 4 aromatic rings. The van der Waals surface area contributed by atoms with Crippen molar-refractivity contribution in [3.8, 4) is 0 Å². The summed E-state index contributed by atoms with van der Waals surface area (Å²) in [5, 5.41) is 38.3. The zero-order chi connectivity index (χ0) is 23.2. The number of anilines is 2. The SMILES string of the molecule is Cc1ccc2cc(Nc3c([N+](=O)[O-])cc([N+](=O)[O-])cc3[N+](=O)[O-])c3ccc(C)nc3c2n1. The second-order valence-electron chi connectivity index (χ2n) is 7.05. The van der Waals surface area contributed by atoms with Crippen LogP contribution in [0.5, 0.6) is 0 Å². The van der Waals surface area contributed by atoms with Crippen LogP contribution >= 0.6 is 0 Å². The lowest BCUT2D eigenvalue weighted by atomic mass is 10.1. The van der Waals surface area contributed by atoms with Gasteiger partial charge in [-0.25, -0.2) is 0 Å². The molecule has 0 radical (unpaired) electrons. The first-order chi connectivity index (χ1) is 15.2. The number of benzene rings is 2. The highest BCUT2D eigenvalue weighted by Gasteiger charge is 2.31. The maximum atomic E-state index is 11.6. The highest BCUT2D eigenvalue weighted by Crippen LogP contribution is 2.42. The predicted octanol–water partition coefficient (Wildman–Crippen LogP) is 4.87. The number of non-ortho nitro benzene ring substituents is 1. The van der Waals surface area contributed by atoms with Gasteiger partial charge in [0.05, 0.1) is 37.9 Å². The molecular weight excluding hydrogens is 420 g/mol. The van der Waals surface area contributed by atoms with Crippen LogP contribution in [0.25, 0.3) is 21.8 Å². The Hall–Kier alpha value is -4.74. The van der Waals surface area contributed by atoms with E-state index in [2.05, 4.69) is 15.3 Å². The summed E-state index contributed by atoms with van der Waals surface area (Å²) in [6.45, 7) is 3.63. The molecule has 0 saturated heterocycles. The van der Waals surface area contributed by atoms with Gasteiger partial charge in [-0.15, -0.1) is 0 Å². The van der Waals surface area contributed by atoms with Crippen molar-refractivity contribution in [1.29, 1.82) is 0 Å². The second kappa shape index (κ2) is 7.50. The number of aromatic nitrogens is 2. The highest BCUT2D eigenvalue weighted by atomic mass is 16.6. The van der Waals surface area contributed by atoms with E-state index in [9.17, 15) is 30.3 Å². The molecule has 0 saturated carbocycles. The van der Waals surface area contributed by atoms with Crippen molar-refractivity contribution in [2.75, 3.05) is 5.32 Å². The van der Waals surface area contributed by atoms with Gasteiger partial charge in [0.2, 0.25) is 0 Å². The molecule has 0 amide bonds. The molecular formula is C20H14N6O6. The van der Waals surface area contributed by atoms with Crippen LogP contribution in [0.3, 0.4) is 0 Å². The number of aryl methyl sites for hydroxylation is 2. The van der Waals surface area contributed by atoms with Gasteiger partial charge in [0.25, 0.3) is 5.69 Å². The van der Waals surface area contributed by atoms with Crippen LogP contribution in [0.4, 0.5) is 28.4 Å². The van der Waals surface area contributed by atoms with E-state index < -0.39 is 37.5 Å². The number of hydrogen-bond donors (Lipinski definition) is 1. The summed E-state index contributed by atoms with van der Waals surface area (Å²) in [4.78, 5) is 40.7. The van der Waals surface area contributed by atoms with Crippen LogP contribution < -0.4 is 5.32 Å². The number of hydrogen-bond acceptors (Lipinski definition) is 9. The lowest BCUT2D eigenvalue weighted by molar-refractivity contribution is -0.401. The third-order valence-corrected chi connectivity index (χ3v) is 4.86. The molecule has 0 bridgehead atoms. The first kappa shape index (κ1) is 20.5. The average Bonchev–Trinajstić information content (AvgIpc) is 2.73. The Morgan fingerprint density at radius 2 is 1.31 bits per heavy atom. The fraction of sp³-hybridized carbons (Fsp3) is 0.100. The number of nitro groups is 3. The van der Waals surface area contributed by atoms with Crippen molar-refractivity contribution < 1.29 is 14.8 Å². The lowest BCUT2D eigenvalue weighted by Crippen LogP contribution is -2.04. The molecule has 12 heteroatoms. The molecule has 0 spiro atoms. The standard InChI is InChI=1S/C20H14N6O6/c1-10-3-5-12-7-15(14-6-4-11(2)22-19(14)18(12)21-10)23-20-16(25(29)30)8-13(24(27)28)9-17(20)26(31)32/h3-9,23H,1-2H3. The largest absolute Gasteiger partial charge is 0.344 e. The Morgan fingerprint density at radius 1 is 0.750 bits per heavy atom. The lowest BCUT2D eigenvalue weighted by Gasteiger charge is -2.13. The molecule has 0 atom stereocenters. The van der Waals surface area contributed by atoms with Gasteiger partial charge in [-0.2, -0.15) is 0 Å². The minimum absolute atomic E-state index is 0.311. The van der Waals surface area contributed by atoms with E-state index in [0.29, 0.717) is 45.3 Å². The zero-order valence-corrected chi connectivity index (χ0v) is 16.7. The topological polar surface area (TPSA) is 167 Å². The number of nitrogens with zero attached hydrogens (tertiary/aromatic N) is 5. The monoisotopic (exact) mass is 434 g/mol. The molecule has 0 aliphatic carbocycles. The maximum Gasteiger partial charge on any atom is 0.306 e. The number of pyridine rings is 2. The molecule has 32 heavy (non-hydrogen) atoms. The molecule has 12 nitrogen and oxygen atoms in total. The van der Waals surface area contributed by atoms with Crippen LogP contribution in [0.15, 0.2) is 42.5 Å². The number of rotatable bonds is 5. The van der Waals surface area contributed by atoms with Crippen molar-refractivity contribution in [2.24, 2.45) is 0 Å². The molecule has 2 aromatic carbocycles. The van der Waals surface area contributed by atoms with E-state index in [4.69, 9.17) is 0 Å². The van der Waals surface area contributed by atoms with Crippen molar-refractivity contribution in [2.45, 2.75) is 13.8 Å². The van der Waals surface area contributed by atoms with Gasteiger partial charge in [-0.05, 0) is 38.1 Å². The molecule has 0 fully saturated rings. The van der Waals surface area contributed by atoms with Crippen molar-refractivity contribution in [1.82, 2.24) is 9.97 Å².